The van der Waals surface area contributed by atoms with Gasteiger partial charge >= 0.3 is 8.25 Å². The van der Waals surface area contributed by atoms with Crippen molar-refractivity contribution in [3.63, 3.8) is 0 Å². The Labute approximate surface area is 194 Å². The molecule has 0 bridgehead atoms. The summed E-state index contributed by atoms with van der Waals surface area (Å²) in [6.07, 6.45) is -1.99. The van der Waals surface area contributed by atoms with Gasteiger partial charge in [0.15, 0.2) is 17.4 Å². The molecule has 4 N–H and O–H groups in total. The van der Waals surface area contributed by atoms with Crippen molar-refractivity contribution in [1.29, 1.82) is 5.26 Å². The molecule has 0 aliphatic heterocycles. The number of nitrogens with zero attached hydrogens (tertiary/aromatic N) is 1. The lowest BCUT2D eigenvalue weighted by atomic mass is 10.1. The van der Waals surface area contributed by atoms with Crippen molar-refractivity contribution >= 4 is 39.7 Å². The summed E-state index contributed by atoms with van der Waals surface area (Å²) in [6.45, 7) is -0.115. The van der Waals surface area contributed by atoms with E-state index in [1.165, 1.54) is 6.07 Å². The summed E-state index contributed by atoms with van der Waals surface area (Å²) in [6, 6.07) is 4.86. The molecule has 180 valence electrons. The van der Waals surface area contributed by atoms with Gasteiger partial charge in [-0.2, -0.15) is 14.4 Å². The quantitative estimate of drug-likeness (QED) is 0.183. The van der Waals surface area contributed by atoms with Gasteiger partial charge in [0.25, 0.3) is 10.0 Å². The minimum absolute atomic E-state index is 0.117. The Morgan fingerprint density at radius 2 is 1.91 bits per heavy atom. The van der Waals surface area contributed by atoms with Gasteiger partial charge < -0.3 is 15.4 Å². The maximum atomic E-state index is 14.7. The van der Waals surface area contributed by atoms with Crippen molar-refractivity contribution in [1.82, 2.24) is 4.72 Å². The minimum Gasteiger partial charge on any atom is -0.566 e. The molecule has 0 fully saturated rings. The fourth-order valence-corrected chi connectivity index (χ4v) is 5.69. The Morgan fingerprint density at radius 1 is 1.21 bits per heavy atom. The fraction of sp³-hybridized carbons (Fsp3) is 0.167. The molecule has 0 spiro atoms. The van der Waals surface area contributed by atoms with E-state index in [2.05, 4.69) is 10.3 Å². The Kier molecular flexibility index (Phi) is 7.84. The van der Waals surface area contributed by atoms with Crippen LogP contribution in [0.1, 0.15) is 17.4 Å². The number of benzene rings is 2. The molecule has 1 heterocycles. The molecule has 0 aliphatic rings. The van der Waals surface area contributed by atoms with E-state index >= 15 is 0 Å². The van der Waals surface area contributed by atoms with Crippen LogP contribution in [0.2, 0.25) is 0 Å². The van der Waals surface area contributed by atoms with Crippen LogP contribution in [0.4, 0.5) is 17.6 Å². The molecule has 9 nitrogen and oxygen atoms in total. The number of rotatable bonds is 9. The van der Waals surface area contributed by atoms with Crippen molar-refractivity contribution in [2.24, 2.45) is 0 Å². The number of hydrogen-bond donors (Lipinski definition) is 2. The predicted octanol–water partition coefficient (Wildman–Crippen LogP) is 1.96. The number of thiophene rings is 1. The molecule has 3 rings (SSSR count). The van der Waals surface area contributed by atoms with E-state index in [4.69, 9.17) is 10.00 Å². The van der Waals surface area contributed by atoms with Gasteiger partial charge in [0.05, 0.1) is 10.3 Å². The molecule has 0 saturated carbocycles. The third-order valence-electron chi connectivity index (χ3n) is 4.26. The summed E-state index contributed by atoms with van der Waals surface area (Å²) in [7, 11) is -8.39. The Balaban J connectivity index is 2.05. The molecule has 2 aromatic carbocycles. The molecule has 0 radical (unpaired) electrons. The number of hydrogen-bond acceptors (Lipinski definition) is 8. The van der Waals surface area contributed by atoms with Gasteiger partial charge in [0, 0.05) is 10.9 Å². The molecule has 1 aromatic heterocycles. The topological polar surface area (TPSA) is 156 Å². The van der Waals surface area contributed by atoms with Crippen LogP contribution in [-0.2, 0) is 19.1 Å². The van der Waals surface area contributed by atoms with Gasteiger partial charge in [-0.15, -0.1) is 15.9 Å². The third kappa shape index (κ3) is 5.18. The average molecular weight is 538 g/mol. The first-order valence-electron chi connectivity index (χ1n) is 9.05. The van der Waals surface area contributed by atoms with Gasteiger partial charge in [-0.1, -0.05) is 6.07 Å². The van der Waals surface area contributed by atoms with Gasteiger partial charge in [-0.3, -0.25) is 0 Å². The van der Waals surface area contributed by atoms with Gasteiger partial charge in [-0.05, 0) is 22.8 Å². The minimum atomic E-state index is -4.74. The molecule has 0 saturated heterocycles. The zero-order valence-corrected chi connectivity index (χ0v) is 19.2. The highest BCUT2D eigenvalue weighted by Gasteiger charge is 2.31. The molecule has 2 unspecified atom stereocenters. The lowest BCUT2D eigenvalue weighted by Crippen LogP contribution is -2.52. The molecule has 3 aromatic rings. The van der Waals surface area contributed by atoms with Crippen LogP contribution in [0.5, 0.6) is 5.75 Å². The number of quaternary nitrogens is 1. The maximum Gasteiger partial charge on any atom is 0.490 e. The van der Waals surface area contributed by atoms with Gasteiger partial charge in [0.1, 0.15) is 29.2 Å². The SMILES string of the molecule is N#Cc1ccc(C(NS(=O)(=O)c2cc3c(F)c(F)c(OCC[NH3+])c(F)c3s2)O[P+](=O)[O-])cc1F. The summed E-state index contributed by atoms with van der Waals surface area (Å²) < 4.78 is 104. The number of nitriles is 1. The number of sulfonamides is 1. The maximum absolute atomic E-state index is 14.7. The van der Waals surface area contributed by atoms with Crippen molar-refractivity contribution in [3.8, 4) is 11.8 Å². The molecule has 34 heavy (non-hydrogen) atoms. The average Bonchev–Trinajstić information content (AvgIpc) is 3.24. The molecule has 0 amide bonds. The summed E-state index contributed by atoms with van der Waals surface area (Å²) in [4.78, 5) is 11.1. The van der Waals surface area contributed by atoms with Gasteiger partial charge in [-0.25, -0.2) is 21.6 Å². The van der Waals surface area contributed by atoms with Crippen LogP contribution in [-0.4, -0.2) is 21.6 Å². The van der Waals surface area contributed by atoms with E-state index in [-0.39, 0.29) is 30.1 Å². The van der Waals surface area contributed by atoms with E-state index in [9.17, 15) is 35.4 Å². The van der Waals surface area contributed by atoms with E-state index in [1.54, 1.807) is 0 Å². The van der Waals surface area contributed by atoms with Crippen LogP contribution in [0.15, 0.2) is 28.5 Å². The van der Waals surface area contributed by atoms with Crippen molar-refractivity contribution in [2.75, 3.05) is 13.2 Å². The van der Waals surface area contributed by atoms with E-state index in [1.807, 2.05) is 4.72 Å². The standard InChI is InChI=1S/C18H12F4N3O6PS2/c19-11-5-8(1-2-9(11)7-24)18(31-32(26)27)25-34(28,29)12-6-10-13(20)14(21)16(30-4-3-23)15(22)17(10)33-12/h1-2,5-6,18,25H,3-4,23H2/p+1. The Hall–Kier alpha value is -2.70. The monoisotopic (exact) mass is 538 g/mol. The molecular formula is C18H13F4N3O6PS2+. The normalized spacial score (nSPS) is 13.0. The highest BCUT2D eigenvalue weighted by atomic mass is 32.2. The third-order valence-corrected chi connectivity index (χ3v) is 7.65. The second-order valence-electron chi connectivity index (χ2n) is 6.46. The first kappa shape index (κ1) is 25.9. The highest BCUT2D eigenvalue weighted by Crippen LogP contribution is 2.39. The lowest BCUT2D eigenvalue weighted by molar-refractivity contribution is -0.371. The number of ether oxygens (including phenoxy) is 1. The number of halogens is 4. The second kappa shape index (κ2) is 10.3. The predicted molar refractivity (Wildman–Crippen MR) is 108 cm³/mol. The number of fused-ring (bicyclic) bond motifs is 1. The summed E-state index contributed by atoms with van der Waals surface area (Å²) in [5.74, 6) is -6.67. The first-order chi connectivity index (χ1) is 16.0. The zero-order chi connectivity index (χ0) is 25.2. The second-order valence-corrected chi connectivity index (χ2v) is 10.1. The van der Waals surface area contributed by atoms with E-state index in [0.29, 0.717) is 12.1 Å². The fourth-order valence-electron chi connectivity index (χ4n) is 2.77. The van der Waals surface area contributed by atoms with Gasteiger partial charge in [0.2, 0.25) is 12.0 Å². The van der Waals surface area contributed by atoms with E-state index < -0.39 is 73.4 Å². The van der Waals surface area contributed by atoms with Crippen LogP contribution in [0.25, 0.3) is 10.1 Å². The van der Waals surface area contributed by atoms with Crippen molar-refractivity contribution < 1.29 is 50.4 Å². The van der Waals surface area contributed by atoms with Crippen LogP contribution in [0.3, 0.4) is 0 Å². The summed E-state index contributed by atoms with van der Waals surface area (Å²) >= 11 is 0.215. The van der Waals surface area contributed by atoms with Crippen LogP contribution < -0.4 is 20.1 Å². The Bertz CT molecular complexity index is 1430. The van der Waals surface area contributed by atoms with Crippen molar-refractivity contribution in [2.45, 2.75) is 10.4 Å². The number of nitrogens with one attached hydrogen (secondary N) is 1. The largest absolute Gasteiger partial charge is 0.566 e. The lowest BCUT2D eigenvalue weighted by Gasteiger charge is -2.14. The summed E-state index contributed by atoms with van der Waals surface area (Å²) in [5, 5.41) is 8.11. The zero-order valence-electron chi connectivity index (χ0n) is 16.7. The molecule has 2 atom stereocenters. The molecule has 16 heteroatoms. The first-order valence-corrected chi connectivity index (χ1v) is 12.4. The van der Waals surface area contributed by atoms with Crippen LogP contribution in [0, 0.1) is 34.6 Å². The molecule has 0 aliphatic carbocycles. The van der Waals surface area contributed by atoms with Crippen molar-refractivity contribution in [3.05, 3.63) is 58.7 Å². The Morgan fingerprint density at radius 3 is 2.50 bits per heavy atom. The van der Waals surface area contributed by atoms with E-state index in [0.717, 1.165) is 12.1 Å². The smallest absolute Gasteiger partial charge is 0.490 e. The molecular weight excluding hydrogens is 525 g/mol. The van der Waals surface area contributed by atoms with Crippen LogP contribution >= 0.6 is 19.6 Å². The highest BCUT2D eigenvalue weighted by molar-refractivity contribution is 7.91. The summed E-state index contributed by atoms with van der Waals surface area (Å²) in [5.41, 5.74) is 2.70.